The number of rotatable bonds is 7. The summed E-state index contributed by atoms with van der Waals surface area (Å²) in [4.78, 5) is 24.3. The molecule has 14 heteroatoms. The average molecular weight is 725 g/mol. The van der Waals surface area contributed by atoms with Gasteiger partial charge in [0.25, 0.3) is 0 Å². The predicted octanol–water partition coefficient (Wildman–Crippen LogP) is 0.851. The third-order valence-corrected chi connectivity index (χ3v) is 14.3. The molecule has 0 aromatic heterocycles. The van der Waals surface area contributed by atoms with Gasteiger partial charge in [-0.1, -0.05) is 13.8 Å². The Kier molecular flexibility index (Phi) is 10.2. The Balaban J connectivity index is 0.989. The van der Waals surface area contributed by atoms with E-state index in [4.69, 9.17) is 28.4 Å². The molecule has 4 saturated carbocycles. The van der Waals surface area contributed by atoms with E-state index < -0.39 is 91.0 Å². The van der Waals surface area contributed by atoms with Crippen LogP contribution in [0.3, 0.4) is 0 Å². The number of hydrogen-bond donors (Lipinski definition) is 6. The maximum Gasteiger partial charge on any atom is 0.331 e. The van der Waals surface area contributed by atoms with Crippen molar-refractivity contribution in [2.24, 2.45) is 34.5 Å². The Morgan fingerprint density at radius 1 is 0.961 bits per heavy atom. The molecule has 6 fully saturated rings. The molecular formula is C37H56O14. The third-order valence-electron chi connectivity index (χ3n) is 14.3. The minimum atomic E-state index is -1.59. The summed E-state index contributed by atoms with van der Waals surface area (Å²) in [5.74, 6) is -0.416. The Hall–Kier alpha value is -1.72. The van der Waals surface area contributed by atoms with Gasteiger partial charge in [0.2, 0.25) is 0 Å². The summed E-state index contributed by atoms with van der Waals surface area (Å²) in [5.41, 5.74) is -0.856. The maximum atomic E-state index is 12.8. The van der Waals surface area contributed by atoms with Crippen molar-refractivity contribution in [1.29, 1.82) is 0 Å². The molecular weight excluding hydrogens is 668 g/mol. The van der Waals surface area contributed by atoms with Crippen LogP contribution in [0.1, 0.15) is 85.5 Å². The molecule has 0 spiro atoms. The molecule has 7 aliphatic rings. The van der Waals surface area contributed by atoms with E-state index in [-0.39, 0.29) is 42.3 Å². The third kappa shape index (κ3) is 6.28. The molecule has 0 bridgehead atoms. The Bertz CT molecular complexity index is 1340. The van der Waals surface area contributed by atoms with E-state index in [1.807, 2.05) is 0 Å². The minimum absolute atomic E-state index is 0.0227. The van der Waals surface area contributed by atoms with Crippen molar-refractivity contribution in [1.82, 2.24) is 0 Å². The molecule has 0 radical (unpaired) electrons. The van der Waals surface area contributed by atoms with Gasteiger partial charge in [-0.05, 0) is 80.6 Å². The van der Waals surface area contributed by atoms with Crippen LogP contribution in [-0.4, -0.2) is 129 Å². The highest BCUT2D eigenvalue weighted by Crippen LogP contribution is 2.70. The molecule has 5 unspecified atom stereocenters. The summed E-state index contributed by atoms with van der Waals surface area (Å²) in [7, 11) is 0. The lowest BCUT2D eigenvalue weighted by molar-refractivity contribution is -0.344. The van der Waals surface area contributed by atoms with E-state index in [1.54, 1.807) is 6.92 Å². The fourth-order valence-corrected chi connectivity index (χ4v) is 11.7. The molecule has 0 amide bonds. The van der Waals surface area contributed by atoms with Crippen molar-refractivity contribution in [2.45, 2.75) is 159 Å². The lowest BCUT2D eigenvalue weighted by atomic mass is 9.43. The summed E-state index contributed by atoms with van der Waals surface area (Å²) in [6.07, 6.45) is -3.11. The number of fused-ring (bicyclic) bond motifs is 5. The van der Waals surface area contributed by atoms with Crippen molar-refractivity contribution >= 4 is 11.9 Å². The first-order valence-electron chi connectivity index (χ1n) is 18.8. The molecule has 14 nitrogen and oxygen atoms in total. The number of cyclic esters (lactones) is 1. The molecule has 2 saturated heterocycles. The van der Waals surface area contributed by atoms with Crippen molar-refractivity contribution in [3.05, 3.63) is 11.6 Å². The van der Waals surface area contributed by atoms with Gasteiger partial charge in [-0.2, -0.15) is 0 Å². The van der Waals surface area contributed by atoms with Crippen molar-refractivity contribution < 1.29 is 68.6 Å². The summed E-state index contributed by atoms with van der Waals surface area (Å²) in [5, 5.41) is 64.0. The van der Waals surface area contributed by atoms with Crippen LogP contribution >= 0.6 is 0 Å². The molecule has 7 rings (SSSR count). The normalized spacial score (nSPS) is 52.6. The van der Waals surface area contributed by atoms with Crippen LogP contribution in [0.15, 0.2) is 11.6 Å². The number of aliphatic hydroxyl groups is 6. The molecule has 288 valence electrons. The van der Waals surface area contributed by atoms with E-state index in [1.165, 1.54) is 13.0 Å². The minimum Gasteiger partial charge on any atom is -0.462 e. The standard InChI is InChI=1S/C37H56O14/c1-17-33(51-34-32(44)31(43)30(42)26(15-38)50-34)24(40)13-28(47-17)49-21-7-9-35(3)20(12-21)5-6-23-22(35)8-10-36(4)29(19-11-27(41)46-16-19)25(48-18(2)39)14-37(23,36)45/h11,17,20-26,28-34,38,40,42-45H,5-10,12-16H2,1-4H3/t17?,20-,21+,22?,23-,24?,25+,26-,28?,29+,30-,31+,32-,33?,34+,35+,36-,37+/m1/s1. The highest BCUT2D eigenvalue weighted by molar-refractivity contribution is 5.85. The van der Waals surface area contributed by atoms with Gasteiger partial charge >= 0.3 is 11.9 Å². The van der Waals surface area contributed by atoms with Gasteiger partial charge in [-0.3, -0.25) is 4.79 Å². The molecule has 18 atom stereocenters. The van der Waals surface area contributed by atoms with Gasteiger partial charge in [0.15, 0.2) is 12.6 Å². The second-order valence-corrected chi connectivity index (χ2v) is 16.9. The van der Waals surface area contributed by atoms with Crippen molar-refractivity contribution in [3.8, 4) is 0 Å². The zero-order chi connectivity index (χ0) is 36.6. The number of esters is 2. The van der Waals surface area contributed by atoms with Crippen LogP contribution in [0.2, 0.25) is 0 Å². The first kappa shape index (κ1) is 37.6. The topological polar surface area (TPSA) is 211 Å². The first-order valence-corrected chi connectivity index (χ1v) is 18.8. The first-order chi connectivity index (χ1) is 24.1. The van der Waals surface area contributed by atoms with Crippen LogP contribution in [0.25, 0.3) is 0 Å². The number of ether oxygens (including phenoxy) is 6. The largest absolute Gasteiger partial charge is 0.462 e. The van der Waals surface area contributed by atoms with Crippen LogP contribution in [0, 0.1) is 34.5 Å². The Morgan fingerprint density at radius 2 is 1.73 bits per heavy atom. The Labute approximate surface area is 298 Å². The predicted molar refractivity (Wildman–Crippen MR) is 175 cm³/mol. The monoisotopic (exact) mass is 724 g/mol. The molecule has 0 aromatic rings. The van der Waals surface area contributed by atoms with Crippen LogP contribution < -0.4 is 0 Å². The number of hydrogen-bond acceptors (Lipinski definition) is 14. The van der Waals surface area contributed by atoms with Crippen molar-refractivity contribution in [2.75, 3.05) is 13.2 Å². The van der Waals surface area contributed by atoms with E-state index in [0.717, 1.165) is 50.5 Å². The molecule has 6 N–H and O–H groups in total. The van der Waals surface area contributed by atoms with Gasteiger partial charge in [-0.15, -0.1) is 0 Å². The summed E-state index contributed by atoms with van der Waals surface area (Å²) < 4.78 is 35.1. The summed E-state index contributed by atoms with van der Waals surface area (Å²) in [6, 6.07) is 0. The van der Waals surface area contributed by atoms with Crippen molar-refractivity contribution in [3.63, 3.8) is 0 Å². The number of carbonyl (C=O) groups is 2. The zero-order valence-electron chi connectivity index (χ0n) is 30.0. The smallest absolute Gasteiger partial charge is 0.331 e. The zero-order valence-corrected chi connectivity index (χ0v) is 30.0. The lowest BCUT2D eigenvalue weighted by Crippen LogP contribution is -2.62. The number of carbonyl (C=O) groups excluding carboxylic acids is 2. The molecule has 4 aliphatic carbocycles. The molecule has 0 aromatic carbocycles. The fraction of sp³-hybridized carbons (Fsp3) is 0.892. The quantitative estimate of drug-likeness (QED) is 0.159. The van der Waals surface area contributed by atoms with Crippen LogP contribution in [0.4, 0.5) is 0 Å². The van der Waals surface area contributed by atoms with Gasteiger partial charge in [0.05, 0.1) is 30.5 Å². The van der Waals surface area contributed by atoms with Crippen LogP contribution in [-0.2, 0) is 38.0 Å². The Morgan fingerprint density at radius 3 is 2.39 bits per heavy atom. The highest BCUT2D eigenvalue weighted by atomic mass is 16.7. The van der Waals surface area contributed by atoms with Gasteiger partial charge < -0.3 is 59.1 Å². The van der Waals surface area contributed by atoms with E-state index >= 15 is 0 Å². The fourth-order valence-electron chi connectivity index (χ4n) is 11.7. The molecule has 51 heavy (non-hydrogen) atoms. The summed E-state index contributed by atoms with van der Waals surface area (Å²) >= 11 is 0. The second-order valence-electron chi connectivity index (χ2n) is 16.9. The van der Waals surface area contributed by atoms with Gasteiger partial charge in [0, 0.05) is 37.2 Å². The van der Waals surface area contributed by atoms with E-state index in [9.17, 15) is 40.2 Å². The number of aliphatic hydroxyl groups excluding tert-OH is 5. The van der Waals surface area contributed by atoms with Gasteiger partial charge in [-0.25, -0.2) is 4.79 Å². The van der Waals surface area contributed by atoms with E-state index in [0.29, 0.717) is 12.3 Å². The summed E-state index contributed by atoms with van der Waals surface area (Å²) in [6.45, 7) is 7.16. The SMILES string of the molecule is CC(=O)O[C@H]1C[C@]2(O)[C@@H]3CC[C@@H]4C[C@@H](OC5CC(O)C(O[C@@H]6O[C@H](CO)[C@@H](O)[C@H](O)[C@H]6O)C(C)O5)CC[C@]4(C)C3CC[C@]2(C)[C@H]1C1=CC(=O)OC1. The average Bonchev–Trinajstić information content (AvgIpc) is 3.58. The molecule has 3 heterocycles. The highest BCUT2D eigenvalue weighted by Gasteiger charge is 2.71. The van der Waals surface area contributed by atoms with Gasteiger partial charge in [0.1, 0.15) is 43.2 Å². The van der Waals surface area contributed by atoms with E-state index in [2.05, 4.69) is 13.8 Å². The van der Waals surface area contributed by atoms with Crippen LogP contribution in [0.5, 0.6) is 0 Å². The maximum absolute atomic E-state index is 12.8. The second kappa shape index (κ2) is 13.8. The molecule has 3 aliphatic heterocycles. The lowest BCUT2D eigenvalue weighted by Gasteiger charge is -2.63.